The van der Waals surface area contributed by atoms with Crippen molar-refractivity contribution in [3.8, 4) is 0 Å². The number of carbonyl (C=O) groups excluding carboxylic acids is 1. The minimum Gasteiger partial charge on any atom is -0.378 e. The van der Waals surface area contributed by atoms with Crippen LogP contribution in [0.4, 0.5) is 0 Å². The van der Waals surface area contributed by atoms with Gasteiger partial charge in [0.05, 0.1) is 13.2 Å². The first-order chi connectivity index (χ1) is 9.63. The fourth-order valence-corrected chi connectivity index (χ4v) is 2.72. The summed E-state index contributed by atoms with van der Waals surface area (Å²) in [4.78, 5) is 11.8. The van der Waals surface area contributed by atoms with Gasteiger partial charge in [0, 0.05) is 35.6 Å². The molecule has 0 bridgehead atoms. The molecule has 110 valence electrons. The molecule has 1 heterocycles. The summed E-state index contributed by atoms with van der Waals surface area (Å²) in [7, 11) is 0. The maximum Gasteiger partial charge on any atom is 0.221 e. The number of morpholine rings is 1. The standard InChI is InChI=1S/C14H18Cl2N2O2/c15-11-5-10(6-12(16)7-11)1-2-18-14(19)8-13-9-20-4-3-17-13/h5-7,13,17H,1-4,8-9H2,(H,18,19). The van der Waals surface area contributed by atoms with Gasteiger partial charge in [-0.3, -0.25) is 4.79 Å². The van der Waals surface area contributed by atoms with Crippen molar-refractivity contribution in [2.24, 2.45) is 0 Å². The summed E-state index contributed by atoms with van der Waals surface area (Å²) < 4.78 is 5.31. The predicted octanol–water partition coefficient (Wildman–Crippen LogP) is 2.03. The molecule has 1 atom stereocenters. The van der Waals surface area contributed by atoms with Crippen LogP contribution < -0.4 is 10.6 Å². The van der Waals surface area contributed by atoms with Gasteiger partial charge in [-0.1, -0.05) is 23.2 Å². The summed E-state index contributed by atoms with van der Waals surface area (Å²) >= 11 is 11.9. The second-order valence-corrected chi connectivity index (χ2v) is 5.68. The van der Waals surface area contributed by atoms with E-state index in [4.69, 9.17) is 27.9 Å². The Bertz CT molecular complexity index is 442. The van der Waals surface area contributed by atoms with Crippen molar-refractivity contribution < 1.29 is 9.53 Å². The van der Waals surface area contributed by atoms with Crippen LogP contribution in [0.5, 0.6) is 0 Å². The van der Waals surface area contributed by atoms with Crippen molar-refractivity contribution in [3.05, 3.63) is 33.8 Å². The van der Waals surface area contributed by atoms with Gasteiger partial charge in [0.1, 0.15) is 0 Å². The van der Waals surface area contributed by atoms with E-state index in [9.17, 15) is 4.79 Å². The molecule has 20 heavy (non-hydrogen) atoms. The molecule has 0 radical (unpaired) electrons. The minimum atomic E-state index is 0.0288. The Labute approximate surface area is 128 Å². The number of carbonyl (C=O) groups is 1. The zero-order valence-corrected chi connectivity index (χ0v) is 12.6. The molecule has 6 heteroatoms. The van der Waals surface area contributed by atoms with Crippen LogP contribution >= 0.6 is 23.2 Å². The van der Waals surface area contributed by atoms with Crippen molar-refractivity contribution in [1.82, 2.24) is 10.6 Å². The lowest BCUT2D eigenvalue weighted by atomic mass is 10.1. The Balaban J connectivity index is 1.70. The van der Waals surface area contributed by atoms with E-state index in [1.54, 1.807) is 6.07 Å². The summed E-state index contributed by atoms with van der Waals surface area (Å²) in [5, 5.41) is 7.38. The molecule has 1 unspecified atom stereocenters. The van der Waals surface area contributed by atoms with Gasteiger partial charge in [-0.05, 0) is 30.2 Å². The monoisotopic (exact) mass is 316 g/mol. The zero-order valence-electron chi connectivity index (χ0n) is 11.1. The third-order valence-electron chi connectivity index (χ3n) is 3.09. The summed E-state index contributed by atoms with van der Waals surface area (Å²) in [6, 6.07) is 5.52. The van der Waals surface area contributed by atoms with Gasteiger partial charge >= 0.3 is 0 Å². The van der Waals surface area contributed by atoms with E-state index in [0.29, 0.717) is 42.6 Å². The normalized spacial score (nSPS) is 18.8. The maximum atomic E-state index is 11.8. The summed E-state index contributed by atoms with van der Waals surface area (Å²) in [6.07, 6.45) is 1.15. The van der Waals surface area contributed by atoms with E-state index in [2.05, 4.69) is 10.6 Å². The Morgan fingerprint density at radius 1 is 1.35 bits per heavy atom. The van der Waals surface area contributed by atoms with Crippen molar-refractivity contribution in [3.63, 3.8) is 0 Å². The highest BCUT2D eigenvalue weighted by molar-refractivity contribution is 6.34. The number of nitrogens with one attached hydrogen (secondary N) is 2. The van der Waals surface area contributed by atoms with Gasteiger partial charge in [0.25, 0.3) is 0 Å². The molecule has 0 saturated carbocycles. The molecule has 0 aromatic heterocycles. The van der Waals surface area contributed by atoms with Crippen LogP contribution in [0.3, 0.4) is 0 Å². The zero-order chi connectivity index (χ0) is 14.4. The van der Waals surface area contributed by atoms with Crippen LogP contribution in [-0.2, 0) is 16.0 Å². The SMILES string of the molecule is O=C(CC1COCCN1)NCCc1cc(Cl)cc(Cl)c1. The van der Waals surface area contributed by atoms with Crippen molar-refractivity contribution in [1.29, 1.82) is 0 Å². The highest BCUT2D eigenvalue weighted by atomic mass is 35.5. The molecule has 1 saturated heterocycles. The third-order valence-corrected chi connectivity index (χ3v) is 3.52. The third kappa shape index (κ3) is 5.29. The first-order valence-electron chi connectivity index (χ1n) is 6.66. The maximum absolute atomic E-state index is 11.8. The Morgan fingerprint density at radius 2 is 2.10 bits per heavy atom. The number of amides is 1. The Kier molecular flexibility index (Phi) is 6.10. The van der Waals surface area contributed by atoms with E-state index in [1.807, 2.05) is 12.1 Å². The second kappa shape index (κ2) is 7.84. The number of hydrogen-bond acceptors (Lipinski definition) is 3. The minimum absolute atomic E-state index is 0.0288. The molecule has 1 amide bonds. The van der Waals surface area contributed by atoms with Crippen molar-refractivity contribution >= 4 is 29.1 Å². The number of rotatable bonds is 5. The lowest BCUT2D eigenvalue weighted by Gasteiger charge is -2.23. The Hall–Kier alpha value is -0.810. The lowest BCUT2D eigenvalue weighted by Crippen LogP contribution is -2.44. The van der Waals surface area contributed by atoms with E-state index in [1.165, 1.54) is 0 Å². The molecular formula is C14H18Cl2N2O2. The molecule has 1 aromatic rings. The fraction of sp³-hybridized carbons (Fsp3) is 0.500. The number of ether oxygens (including phenoxy) is 1. The molecule has 0 spiro atoms. The average molecular weight is 317 g/mol. The van der Waals surface area contributed by atoms with Gasteiger partial charge in [-0.2, -0.15) is 0 Å². The van der Waals surface area contributed by atoms with Gasteiger partial charge in [0.2, 0.25) is 5.91 Å². The molecule has 1 fully saturated rings. The molecular weight excluding hydrogens is 299 g/mol. The first-order valence-corrected chi connectivity index (χ1v) is 7.42. The van der Waals surface area contributed by atoms with E-state index in [0.717, 1.165) is 12.1 Å². The average Bonchev–Trinajstić information content (AvgIpc) is 2.38. The topological polar surface area (TPSA) is 50.4 Å². The summed E-state index contributed by atoms with van der Waals surface area (Å²) in [5.74, 6) is 0.0288. The Morgan fingerprint density at radius 3 is 2.75 bits per heavy atom. The first kappa shape index (κ1) is 15.6. The molecule has 0 aliphatic carbocycles. The summed E-state index contributed by atoms with van der Waals surface area (Å²) in [6.45, 7) is 2.69. The van der Waals surface area contributed by atoms with Crippen LogP contribution in [0.15, 0.2) is 18.2 Å². The molecule has 4 nitrogen and oxygen atoms in total. The van der Waals surface area contributed by atoms with E-state index >= 15 is 0 Å². The van der Waals surface area contributed by atoms with E-state index in [-0.39, 0.29) is 11.9 Å². The van der Waals surface area contributed by atoms with Crippen LogP contribution in [-0.4, -0.2) is 38.3 Å². The summed E-state index contributed by atoms with van der Waals surface area (Å²) in [5.41, 5.74) is 1.02. The van der Waals surface area contributed by atoms with Gasteiger partial charge in [-0.25, -0.2) is 0 Å². The predicted molar refractivity (Wildman–Crippen MR) is 80.4 cm³/mol. The highest BCUT2D eigenvalue weighted by Gasteiger charge is 2.16. The quantitative estimate of drug-likeness (QED) is 0.874. The van der Waals surface area contributed by atoms with Crippen LogP contribution in [0, 0.1) is 0 Å². The fourth-order valence-electron chi connectivity index (χ4n) is 2.15. The molecule has 1 aliphatic heterocycles. The number of benzene rings is 1. The van der Waals surface area contributed by atoms with Crippen LogP contribution in [0.1, 0.15) is 12.0 Å². The van der Waals surface area contributed by atoms with E-state index < -0.39 is 0 Å². The lowest BCUT2D eigenvalue weighted by molar-refractivity contribution is -0.122. The van der Waals surface area contributed by atoms with Gasteiger partial charge < -0.3 is 15.4 Å². The highest BCUT2D eigenvalue weighted by Crippen LogP contribution is 2.19. The second-order valence-electron chi connectivity index (χ2n) is 4.81. The molecule has 1 aliphatic rings. The van der Waals surface area contributed by atoms with Crippen molar-refractivity contribution in [2.45, 2.75) is 18.9 Å². The van der Waals surface area contributed by atoms with Crippen LogP contribution in [0.25, 0.3) is 0 Å². The largest absolute Gasteiger partial charge is 0.378 e. The van der Waals surface area contributed by atoms with Gasteiger partial charge in [-0.15, -0.1) is 0 Å². The smallest absolute Gasteiger partial charge is 0.221 e. The molecule has 2 N–H and O–H groups in total. The van der Waals surface area contributed by atoms with Gasteiger partial charge in [0.15, 0.2) is 0 Å². The number of halogens is 2. The van der Waals surface area contributed by atoms with Crippen molar-refractivity contribution in [2.75, 3.05) is 26.3 Å². The molecule has 2 rings (SSSR count). The number of hydrogen-bond donors (Lipinski definition) is 2. The van der Waals surface area contributed by atoms with Crippen LogP contribution in [0.2, 0.25) is 10.0 Å². The molecule has 1 aromatic carbocycles.